The number of hydrogen-bond donors (Lipinski definition) is 3. The average Bonchev–Trinajstić information content (AvgIpc) is 3.22. The number of aromatic amines is 1. The molecule has 1 aromatic heterocycles. The van der Waals surface area contributed by atoms with E-state index in [9.17, 15) is 14.7 Å². The lowest BCUT2D eigenvalue weighted by Gasteiger charge is -2.42. The number of imide groups is 1. The van der Waals surface area contributed by atoms with Gasteiger partial charge in [-0.05, 0) is 67.9 Å². The van der Waals surface area contributed by atoms with Crippen molar-refractivity contribution in [3.8, 4) is 5.75 Å². The smallest absolute Gasteiger partial charge is 0.328 e. The van der Waals surface area contributed by atoms with E-state index in [1.807, 2.05) is 38.1 Å². The van der Waals surface area contributed by atoms with Crippen LogP contribution in [-0.2, 0) is 11.2 Å². The van der Waals surface area contributed by atoms with Crippen molar-refractivity contribution in [1.82, 2.24) is 20.1 Å². The highest BCUT2D eigenvalue weighted by Crippen LogP contribution is 2.49. The monoisotopic (exact) mass is 466 g/mol. The first-order valence-electron chi connectivity index (χ1n) is 11.3. The van der Waals surface area contributed by atoms with Crippen LogP contribution in [0.25, 0.3) is 10.9 Å². The molecule has 1 fully saturated rings. The molecule has 2 atom stereocenters. The lowest BCUT2D eigenvalue weighted by molar-refractivity contribution is -0.133. The number of urea groups is 1. The summed E-state index contributed by atoms with van der Waals surface area (Å²) in [5.74, 6) is -0.0721. The van der Waals surface area contributed by atoms with E-state index in [0.717, 1.165) is 40.8 Å². The Morgan fingerprint density at radius 1 is 1.24 bits per heavy atom. The fourth-order valence-corrected chi connectivity index (χ4v) is 5.43. The highest BCUT2D eigenvalue weighted by molar-refractivity contribution is 6.31. The fourth-order valence-electron chi connectivity index (χ4n) is 5.26. The zero-order valence-electron chi connectivity index (χ0n) is 18.7. The van der Waals surface area contributed by atoms with Gasteiger partial charge in [0.25, 0.3) is 5.91 Å². The number of phenolic OH excluding ortho intramolecular Hbond substituents is 1. The lowest BCUT2D eigenvalue weighted by atomic mass is 9.81. The molecule has 3 amide bonds. The number of benzene rings is 2. The van der Waals surface area contributed by atoms with Crippen LogP contribution in [0.5, 0.6) is 5.75 Å². The van der Waals surface area contributed by atoms with Crippen molar-refractivity contribution in [3.05, 3.63) is 64.3 Å². The van der Waals surface area contributed by atoms with Gasteiger partial charge in [-0.1, -0.05) is 30.7 Å². The maximum atomic E-state index is 13.7. The summed E-state index contributed by atoms with van der Waals surface area (Å²) in [7, 11) is 0. The molecule has 0 radical (unpaired) electrons. The van der Waals surface area contributed by atoms with Crippen molar-refractivity contribution in [2.75, 3.05) is 19.6 Å². The number of aromatic nitrogens is 1. The van der Waals surface area contributed by atoms with Crippen LogP contribution in [0.4, 0.5) is 4.79 Å². The minimum absolute atomic E-state index is 0.112. The van der Waals surface area contributed by atoms with Crippen LogP contribution in [0.3, 0.4) is 0 Å². The molecule has 5 rings (SSSR count). The van der Waals surface area contributed by atoms with E-state index in [1.165, 1.54) is 4.90 Å². The van der Waals surface area contributed by atoms with E-state index in [4.69, 9.17) is 11.6 Å². The number of phenols is 1. The number of nitrogens with one attached hydrogen (secondary N) is 2. The number of rotatable bonds is 6. The van der Waals surface area contributed by atoms with Crippen molar-refractivity contribution in [2.45, 2.75) is 38.3 Å². The molecule has 0 bridgehead atoms. The van der Waals surface area contributed by atoms with Crippen molar-refractivity contribution in [2.24, 2.45) is 0 Å². The SMILES string of the molecule is CCNCCCN1C(=O)N2[C@H](c3cccc(O)c3)c3[nH]c4ccc(Cl)cc4c3C[C@@]2(C)C1=O. The van der Waals surface area contributed by atoms with Gasteiger partial charge in [0.2, 0.25) is 0 Å². The Hall–Kier alpha value is -3.03. The zero-order valence-corrected chi connectivity index (χ0v) is 19.4. The lowest BCUT2D eigenvalue weighted by Crippen LogP contribution is -2.53. The third-order valence-electron chi connectivity index (χ3n) is 6.80. The molecule has 0 spiro atoms. The minimum Gasteiger partial charge on any atom is -0.508 e. The van der Waals surface area contributed by atoms with Gasteiger partial charge in [-0.3, -0.25) is 14.6 Å². The van der Waals surface area contributed by atoms with Crippen molar-refractivity contribution in [3.63, 3.8) is 0 Å². The van der Waals surface area contributed by atoms with Gasteiger partial charge in [0.05, 0.1) is 0 Å². The van der Waals surface area contributed by atoms with Gasteiger partial charge in [0, 0.05) is 34.6 Å². The first-order valence-corrected chi connectivity index (χ1v) is 11.7. The molecule has 33 heavy (non-hydrogen) atoms. The Kier molecular flexibility index (Phi) is 5.34. The number of nitrogens with zero attached hydrogens (tertiary/aromatic N) is 2. The van der Waals surface area contributed by atoms with Crippen LogP contribution < -0.4 is 5.32 Å². The summed E-state index contributed by atoms with van der Waals surface area (Å²) in [4.78, 5) is 33.9. The molecule has 3 N–H and O–H groups in total. The van der Waals surface area contributed by atoms with Crippen LogP contribution in [0.2, 0.25) is 5.02 Å². The molecule has 172 valence electrons. The van der Waals surface area contributed by atoms with Crippen LogP contribution >= 0.6 is 11.6 Å². The molecule has 3 aromatic rings. The summed E-state index contributed by atoms with van der Waals surface area (Å²) in [6, 6.07) is 11.7. The Labute approximate surface area is 197 Å². The number of H-pyrrole nitrogens is 1. The average molecular weight is 467 g/mol. The topological polar surface area (TPSA) is 88.7 Å². The number of carbonyl (C=O) groups excluding carboxylic acids is 2. The minimum atomic E-state index is -1.03. The summed E-state index contributed by atoms with van der Waals surface area (Å²) in [5, 5.41) is 15.0. The Balaban J connectivity index is 1.65. The summed E-state index contributed by atoms with van der Waals surface area (Å²) in [6.45, 7) is 5.82. The van der Waals surface area contributed by atoms with Gasteiger partial charge in [-0.25, -0.2) is 4.79 Å². The number of hydrogen-bond acceptors (Lipinski definition) is 4. The second-order valence-electron chi connectivity index (χ2n) is 8.97. The Morgan fingerprint density at radius 2 is 2.06 bits per heavy atom. The van der Waals surface area contributed by atoms with Gasteiger partial charge in [0.15, 0.2) is 0 Å². The van der Waals surface area contributed by atoms with Crippen molar-refractivity contribution < 1.29 is 14.7 Å². The number of halogens is 1. The van der Waals surface area contributed by atoms with E-state index in [1.54, 1.807) is 23.1 Å². The number of carbonyl (C=O) groups is 2. The van der Waals surface area contributed by atoms with Crippen LogP contribution in [0.15, 0.2) is 42.5 Å². The summed E-state index contributed by atoms with van der Waals surface area (Å²) < 4.78 is 0. The third kappa shape index (κ3) is 3.38. The van der Waals surface area contributed by atoms with E-state index in [2.05, 4.69) is 10.3 Å². The maximum Gasteiger partial charge on any atom is 0.328 e. The molecule has 2 aliphatic heterocycles. The molecule has 1 saturated heterocycles. The van der Waals surface area contributed by atoms with E-state index in [-0.39, 0.29) is 17.7 Å². The second kappa shape index (κ2) is 8.08. The second-order valence-corrected chi connectivity index (χ2v) is 9.41. The number of aromatic hydroxyl groups is 1. The summed E-state index contributed by atoms with van der Waals surface area (Å²) >= 11 is 6.30. The Morgan fingerprint density at radius 3 is 2.82 bits per heavy atom. The zero-order chi connectivity index (χ0) is 23.3. The molecular weight excluding hydrogens is 440 g/mol. The quantitative estimate of drug-likeness (QED) is 0.375. The molecule has 8 heteroatoms. The van der Waals surface area contributed by atoms with Gasteiger partial charge >= 0.3 is 6.03 Å². The first-order chi connectivity index (χ1) is 15.8. The third-order valence-corrected chi connectivity index (χ3v) is 7.03. The highest BCUT2D eigenvalue weighted by atomic mass is 35.5. The molecule has 0 saturated carbocycles. The highest BCUT2D eigenvalue weighted by Gasteiger charge is 2.60. The summed E-state index contributed by atoms with van der Waals surface area (Å²) in [5.41, 5.74) is 2.45. The fraction of sp³-hybridized carbons (Fsp3) is 0.360. The largest absolute Gasteiger partial charge is 0.508 e. The van der Waals surface area contributed by atoms with E-state index < -0.39 is 11.6 Å². The number of amides is 3. The first kappa shape index (κ1) is 21.8. The molecule has 2 aliphatic rings. The van der Waals surface area contributed by atoms with E-state index >= 15 is 0 Å². The van der Waals surface area contributed by atoms with Crippen molar-refractivity contribution >= 4 is 34.4 Å². The molecule has 7 nitrogen and oxygen atoms in total. The predicted molar refractivity (Wildman–Crippen MR) is 127 cm³/mol. The van der Waals surface area contributed by atoms with Gasteiger partial charge in [0.1, 0.15) is 17.3 Å². The van der Waals surface area contributed by atoms with Crippen LogP contribution in [-0.4, -0.2) is 57.0 Å². The Bertz CT molecular complexity index is 1260. The van der Waals surface area contributed by atoms with E-state index in [0.29, 0.717) is 24.4 Å². The van der Waals surface area contributed by atoms with Gasteiger partial charge in [-0.2, -0.15) is 0 Å². The molecule has 0 aliphatic carbocycles. The van der Waals surface area contributed by atoms with Gasteiger partial charge < -0.3 is 15.4 Å². The maximum absolute atomic E-state index is 13.7. The predicted octanol–water partition coefficient (Wildman–Crippen LogP) is 4.19. The van der Waals surface area contributed by atoms with Gasteiger partial charge in [-0.15, -0.1) is 0 Å². The van der Waals surface area contributed by atoms with Crippen LogP contribution in [0.1, 0.15) is 43.1 Å². The van der Waals surface area contributed by atoms with Crippen LogP contribution in [0, 0.1) is 0 Å². The molecule has 2 aromatic carbocycles. The molecule has 3 heterocycles. The molecule has 0 unspecified atom stereocenters. The normalized spacial score (nSPS) is 22.2. The standard InChI is InChI=1S/C25H27ClN4O3/c1-3-27-10-5-11-29-23(32)25(2)14-19-18-13-16(26)8-9-20(18)28-21(19)22(30(25)24(29)33)15-6-4-7-17(31)12-15/h4,6-9,12-13,22,27-28,31H,3,5,10-11,14H2,1-2H3/t22-,25+/m1/s1. The number of fused-ring (bicyclic) bond motifs is 4. The summed E-state index contributed by atoms with van der Waals surface area (Å²) in [6.07, 6.45) is 1.09. The molecular formula is C25H27ClN4O3. The van der Waals surface area contributed by atoms with Crippen molar-refractivity contribution in [1.29, 1.82) is 0 Å².